The van der Waals surface area contributed by atoms with Crippen molar-refractivity contribution in [2.24, 2.45) is 0 Å². The van der Waals surface area contributed by atoms with Gasteiger partial charge in [-0.15, -0.1) is 0 Å². The van der Waals surface area contributed by atoms with Crippen molar-refractivity contribution in [3.05, 3.63) is 53.3 Å². The molecular weight excluding hydrogens is 256 g/mol. The molecule has 0 spiro atoms. The standard InChI is InChI=1S/C16H12O4/c1-19-13-5-3-4-10-9(13)6-7-11-12(17)8-14(20-2)16(18)15(10)11/h3-8H,1-2H3. The lowest BCUT2D eigenvalue weighted by Gasteiger charge is -2.17. The van der Waals surface area contributed by atoms with Crippen molar-refractivity contribution < 1.29 is 19.1 Å². The first-order valence-electron chi connectivity index (χ1n) is 6.12. The Balaban J connectivity index is 2.38. The number of carbonyl (C=O) groups excluding carboxylic acids is 2. The highest BCUT2D eigenvalue weighted by atomic mass is 16.5. The SMILES string of the molecule is COC1=CC(=O)c2ccc3c(OC)cccc3c2C1=O. The first-order valence-corrected chi connectivity index (χ1v) is 6.12. The quantitative estimate of drug-likeness (QED) is 0.840. The summed E-state index contributed by atoms with van der Waals surface area (Å²) in [6, 6.07) is 8.87. The number of rotatable bonds is 2. The molecule has 2 aromatic carbocycles. The van der Waals surface area contributed by atoms with Gasteiger partial charge in [-0.1, -0.05) is 12.1 Å². The summed E-state index contributed by atoms with van der Waals surface area (Å²) in [6.45, 7) is 0. The highest BCUT2D eigenvalue weighted by Crippen LogP contribution is 2.33. The van der Waals surface area contributed by atoms with Crippen molar-refractivity contribution in [2.75, 3.05) is 14.2 Å². The number of hydrogen-bond acceptors (Lipinski definition) is 4. The molecule has 0 unspecified atom stereocenters. The van der Waals surface area contributed by atoms with Crippen molar-refractivity contribution in [1.82, 2.24) is 0 Å². The molecule has 0 N–H and O–H groups in total. The molecule has 0 saturated heterocycles. The van der Waals surface area contributed by atoms with Crippen LogP contribution in [0.5, 0.6) is 5.75 Å². The molecule has 100 valence electrons. The highest BCUT2D eigenvalue weighted by Gasteiger charge is 2.28. The van der Waals surface area contributed by atoms with E-state index in [1.807, 2.05) is 6.07 Å². The van der Waals surface area contributed by atoms with Gasteiger partial charge in [0, 0.05) is 22.6 Å². The fraction of sp³-hybridized carbons (Fsp3) is 0.125. The highest BCUT2D eigenvalue weighted by molar-refractivity contribution is 6.28. The second-order valence-corrected chi connectivity index (χ2v) is 4.45. The van der Waals surface area contributed by atoms with Gasteiger partial charge < -0.3 is 9.47 Å². The molecule has 0 aromatic heterocycles. The van der Waals surface area contributed by atoms with E-state index in [9.17, 15) is 9.59 Å². The summed E-state index contributed by atoms with van der Waals surface area (Å²) < 4.78 is 10.3. The molecule has 1 aliphatic rings. The van der Waals surface area contributed by atoms with Crippen LogP contribution in [0.3, 0.4) is 0 Å². The Bertz CT molecular complexity index is 771. The smallest absolute Gasteiger partial charge is 0.229 e. The minimum absolute atomic E-state index is 0.0674. The van der Waals surface area contributed by atoms with Crippen LogP contribution in [-0.4, -0.2) is 25.8 Å². The van der Waals surface area contributed by atoms with Crippen LogP contribution < -0.4 is 4.74 Å². The largest absolute Gasteiger partial charge is 0.496 e. The van der Waals surface area contributed by atoms with Crippen LogP contribution in [0.1, 0.15) is 20.7 Å². The molecule has 3 rings (SSSR count). The van der Waals surface area contributed by atoms with Crippen molar-refractivity contribution in [3.8, 4) is 5.75 Å². The lowest BCUT2D eigenvalue weighted by molar-refractivity contribution is 0.0918. The maximum absolute atomic E-state index is 12.4. The normalized spacial score (nSPS) is 14.0. The van der Waals surface area contributed by atoms with E-state index in [-0.39, 0.29) is 17.3 Å². The van der Waals surface area contributed by atoms with Gasteiger partial charge in [0.05, 0.1) is 14.2 Å². The average molecular weight is 268 g/mol. The second-order valence-electron chi connectivity index (χ2n) is 4.45. The van der Waals surface area contributed by atoms with E-state index in [0.29, 0.717) is 22.3 Å². The van der Waals surface area contributed by atoms with Crippen LogP contribution in [0.4, 0.5) is 0 Å². The fourth-order valence-electron chi connectivity index (χ4n) is 2.49. The van der Waals surface area contributed by atoms with E-state index in [1.54, 1.807) is 31.4 Å². The minimum atomic E-state index is -0.277. The van der Waals surface area contributed by atoms with Crippen LogP contribution in [-0.2, 0) is 4.74 Å². The van der Waals surface area contributed by atoms with Crippen molar-refractivity contribution in [3.63, 3.8) is 0 Å². The third-order valence-electron chi connectivity index (χ3n) is 3.44. The number of fused-ring (bicyclic) bond motifs is 3. The molecular formula is C16H12O4. The van der Waals surface area contributed by atoms with Gasteiger partial charge in [0.1, 0.15) is 5.75 Å². The van der Waals surface area contributed by atoms with E-state index >= 15 is 0 Å². The van der Waals surface area contributed by atoms with Gasteiger partial charge in [-0.25, -0.2) is 0 Å². The van der Waals surface area contributed by atoms with Gasteiger partial charge >= 0.3 is 0 Å². The Morgan fingerprint density at radius 3 is 2.40 bits per heavy atom. The second kappa shape index (κ2) is 4.49. The summed E-state index contributed by atoms with van der Waals surface area (Å²) in [4.78, 5) is 24.5. The Morgan fingerprint density at radius 2 is 1.70 bits per heavy atom. The summed E-state index contributed by atoms with van der Waals surface area (Å²) in [5.41, 5.74) is 0.780. The Kier molecular flexibility index (Phi) is 2.79. The van der Waals surface area contributed by atoms with Gasteiger partial charge in [-0.3, -0.25) is 9.59 Å². The molecule has 2 aromatic rings. The van der Waals surface area contributed by atoms with Gasteiger partial charge in [0.25, 0.3) is 0 Å². The molecule has 0 fully saturated rings. The molecule has 1 aliphatic carbocycles. The molecule has 0 aliphatic heterocycles. The Hall–Kier alpha value is -2.62. The third kappa shape index (κ3) is 1.61. The van der Waals surface area contributed by atoms with Gasteiger partial charge in [0.15, 0.2) is 11.5 Å². The van der Waals surface area contributed by atoms with Gasteiger partial charge in [0.2, 0.25) is 5.78 Å². The molecule has 20 heavy (non-hydrogen) atoms. The fourth-order valence-corrected chi connectivity index (χ4v) is 2.49. The number of hydrogen-bond donors (Lipinski definition) is 0. The van der Waals surface area contributed by atoms with Crippen molar-refractivity contribution >= 4 is 22.3 Å². The number of ether oxygens (including phenoxy) is 2. The molecule has 0 saturated carbocycles. The van der Waals surface area contributed by atoms with Crippen LogP contribution >= 0.6 is 0 Å². The zero-order valence-electron chi connectivity index (χ0n) is 11.1. The van der Waals surface area contributed by atoms with Crippen molar-refractivity contribution in [1.29, 1.82) is 0 Å². The van der Waals surface area contributed by atoms with Crippen molar-refractivity contribution in [2.45, 2.75) is 0 Å². The van der Waals surface area contributed by atoms with Crippen LogP contribution in [0.25, 0.3) is 10.8 Å². The number of benzene rings is 2. The molecule has 0 bridgehead atoms. The maximum atomic E-state index is 12.4. The maximum Gasteiger partial charge on any atom is 0.229 e. The number of ketones is 2. The molecule has 4 nitrogen and oxygen atoms in total. The minimum Gasteiger partial charge on any atom is -0.496 e. The molecule has 0 heterocycles. The number of carbonyl (C=O) groups is 2. The van der Waals surface area contributed by atoms with E-state index in [1.165, 1.54) is 13.2 Å². The van der Waals surface area contributed by atoms with Gasteiger partial charge in [-0.2, -0.15) is 0 Å². The zero-order valence-corrected chi connectivity index (χ0v) is 11.1. The van der Waals surface area contributed by atoms with Crippen LogP contribution in [0, 0.1) is 0 Å². The lowest BCUT2D eigenvalue weighted by atomic mass is 9.89. The Morgan fingerprint density at radius 1 is 0.900 bits per heavy atom. The lowest BCUT2D eigenvalue weighted by Crippen LogP contribution is -2.18. The average Bonchev–Trinajstić information content (AvgIpc) is 2.49. The molecule has 0 radical (unpaired) electrons. The van der Waals surface area contributed by atoms with E-state index < -0.39 is 0 Å². The summed E-state index contributed by atoms with van der Waals surface area (Å²) >= 11 is 0. The van der Waals surface area contributed by atoms with Crippen LogP contribution in [0.15, 0.2) is 42.2 Å². The van der Waals surface area contributed by atoms with E-state index in [0.717, 1.165) is 5.39 Å². The summed E-state index contributed by atoms with van der Waals surface area (Å²) in [6.07, 6.45) is 1.23. The zero-order chi connectivity index (χ0) is 14.3. The summed E-state index contributed by atoms with van der Waals surface area (Å²) in [7, 11) is 2.95. The number of allylic oxidation sites excluding steroid dienone is 2. The van der Waals surface area contributed by atoms with E-state index in [4.69, 9.17) is 9.47 Å². The number of methoxy groups -OCH3 is 2. The predicted molar refractivity (Wildman–Crippen MR) is 74.3 cm³/mol. The summed E-state index contributed by atoms with van der Waals surface area (Å²) in [5.74, 6) is 0.235. The predicted octanol–water partition coefficient (Wildman–Crippen LogP) is 2.76. The molecule has 4 heteroatoms. The third-order valence-corrected chi connectivity index (χ3v) is 3.44. The first kappa shape index (κ1) is 12.4. The van der Waals surface area contributed by atoms with E-state index in [2.05, 4.69) is 0 Å². The summed E-state index contributed by atoms with van der Waals surface area (Å²) in [5, 5.41) is 1.50. The number of Topliss-reactive ketones (excluding diaryl/α,β-unsaturated/α-hetero) is 1. The monoisotopic (exact) mass is 268 g/mol. The first-order chi connectivity index (χ1) is 9.67. The topological polar surface area (TPSA) is 52.6 Å². The molecule has 0 atom stereocenters. The molecule has 0 amide bonds. The van der Waals surface area contributed by atoms with Crippen LogP contribution in [0.2, 0.25) is 0 Å². The van der Waals surface area contributed by atoms with Gasteiger partial charge in [-0.05, 0) is 23.6 Å². The Labute approximate surface area is 115 Å².